The molecule has 0 aromatic heterocycles. The van der Waals surface area contributed by atoms with Crippen LogP contribution in [0.15, 0.2) is 56.4 Å². The Kier molecular flexibility index (Phi) is 4.74. The SMILES string of the molecule is O=C(c1ccc(Br)cc1Br)c1ccccc1C1=NCCCN1. The van der Waals surface area contributed by atoms with Gasteiger partial charge in [-0.1, -0.05) is 40.2 Å². The molecule has 1 N–H and O–H groups in total. The molecule has 1 heterocycles. The lowest BCUT2D eigenvalue weighted by molar-refractivity contribution is 0.103. The van der Waals surface area contributed by atoms with Gasteiger partial charge in [0.05, 0.1) is 0 Å². The lowest BCUT2D eigenvalue weighted by Crippen LogP contribution is -2.31. The fraction of sp³-hybridized carbons (Fsp3) is 0.176. The molecule has 1 aliphatic heterocycles. The third kappa shape index (κ3) is 3.15. The largest absolute Gasteiger partial charge is 0.370 e. The van der Waals surface area contributed by atoms with Gasteiger partial charge in [-0.25, -0.2) is 0 Å². The molecule has 0 saturated carbocycles. The van der Waals surface area contributed by atoms with Crippen LogP contribution in [0, 0.1) is 0 Å². The van der Waals surface area contributed by atoms with Crippen LogP contribution in [0.2, 0.25) is 0 Å². The Labute approximate surface area is 146 Å². The average Bonchev–Trinajstić information content (AvgIpc) is 2.55. The van der Waals surface area contributed by atoms with Gasteiger partial charge in [-0.15, -0.1) is 0 Å². The van der Waals surface area contributed by atoms with E-state index in [0.717, 1.165) is 39.9 Å². The fourth-order valence-electron chi connectivity index (χ4n) is 2.42. The number of halogens is 2. The molecule has 0 fully saturated rings. The van der Waals surface area contributed by atoms with Gasteiger partial charge in [-0.05, 0) is 40.5 Å². The predicted molar refractivity (Wildman–Crippen MR) is 95.7 cm³/mol. The zero-order chi connectivity index (χ0) is 15.5. The summed E-state index contributed by atoms with van der Waals surface area (Å²) in [5.41, 5.74) is 2.17. The van der Waals surface area contributed by atoms with E-state index in [1.165, 1.54) is 0 Å². The molecule has 0 saturated heterocycles. The Balaban J connectivity index is 2.04. The van der Waals surface area contributed by atoms with Gasteiger partial charge in [-0.2, -0.15) is 0 Å². The number of amidine groups is 1. The molecule has 0 amide bonds. The molecule has 22 heavy (non-hydrogen) atoms. The summed E-state index contributed by atoms with van der Waals surface area (Å²) in [6, 6.07) is 13.2. The van der Waals surface area contributed by atoms with Crippen LogP contribution in [0.4, 0.5) is 0 Å². The molecule has 0 atom stereocenters. The van der Waals surface area contributed by atoms with E-state index in [1.54, 1.807) is 0 Å². The maximum atomic E-state index is 12.9. The lowest BCUT2D eigenvalue weighted by atomic mass is 9.97. The molecule has 0 radical (unpaired) electrons. The summed E-state index contributed by atoms with van der Waals surface area (Å²) in [4.78, 5) is 17.4. The first kappa shape index (κ1) is 15.4. The monoisotopic (exact) mass is 420 g/mol. The molecule has 0 bridgehead atoms. The zero-order valence-electron chi connectivity index (χ0n) is 11.8. The molecule has 0 unspecified atom stereocenters. The number of hydrogen-bond donors (Lipinski definition) is 1. The Bertz CT molecular complexity index is 756. The molecule has 5 heteroatoms. The van der Waals surface area contributed by atoms with Crippen LogP contribution in [0.5, 0.6) is 0 Å². The minimum Gasteiger partial charge on any atom is -0.370 e. The second-order valence-electron chi connectivity index (χ2n) is 5.01. The van der Waals surface area contributed by atoms with Gasteiger partial charge < -0.3 is 5.32 Å². The Morgan fingerprint density at radius 3 is 2.64 bits per heavy atom. The van der Waals surface area contributed by atoms with Crippen LogP contribution in [0.1, 0.15) is 27.9 Å². The van der Waals surface area contributed by atoms with Gasteiger partial charge in [-0.3, -0.25) is 9.79 Å². The van der Waals surface area contributed by atoms with Crippen LogP contribution in [0.25, 0.3) is 0 Å². The number of ketones is 1. The van der Waals surface area contributed by atoms with Crippen molar-refractivity contribution in [2.45, 2.75) is 6.42 Å². The molecule has 3 nitrogen and oxygen atoms in total. The standard InChI is InChI=1S/C17H14Br2N2O/c18-11-6-7-14(15(19)10-11)16(22)12-4-1-2-5-13(12)17-20-8-3-9-21-17/h1-2,4-7,10H,3,8-9H2,(H,20,21). The molecular weight excluding hydrogens is 408 g/mol. The van der Waals surface area contributed by atoms with Gasteiger partial charge in [0.1, 0.15) is 5.84 Å². The smallest absolute Gasteiger partial charge is 0.194 e. The van der Waals surface area contributed by atoms with Crippen molar-refractivity contribution in [3.8, 4) is 0 Å². The van der Waals surface area contributed by atoms with Crippen molar-refractivity contribution in [1.29, 1.82) is 0 Å². The molecule has 0 spiro atoms. The molecular formula is C17H14Br2N2O. The predicted octanol–water partition coefficient (Wildman–Crippen LogP) is 4.18. The van der Waals surface area contributed by atoms with Crippen LogP contribution in [0.3, 0.4) is 0 Å². The second kappa shape index (κ2) is 6.75. The molecule has 112 valence electrons. The van der Waals surface area contributed by atoms with Gasteiger partial charge in [0.15, 0.2) is 5.78 Å². The first-order valence-electron chi connectivity index (χ1n) is 7.04. The summed E-state index contributed by atoms with van der Waals surface area (Å²) in [7, 11) is 0. The number of nitrogens with zero attached hydrogens (tertiary/aromatic N) is 1. The van der Waals surface area contributed by atoms with Crippen LogP contribution in [-0.4, -0.2) is 24.7 Å². The van der Waals surface area contributed by atoms with Crippen molar-refractivity contribution in [2.75, 3.05) is 13.1 Å². The third-order valence-corrected chi connectivity index (χ3v) is 4.65. The molecule has 2 aromatic rings. The summed E-state index contributed by atoms with van der Waals surface area (Å²) in [5.74, 6) is 0.800. The first-order valence-corrected chi connectivity index (χ1v) is 8.63. The number of hydrogen-bond acceptors (Lipinski definition) is 3. The van der Waals surface area contributed by atoms with E-state index in [1.807, 2.05) is 42.5 Å². The van der Waals surface area contributed by atoms with E-state index in [4.69, 9.17) is 0 Å². The van der Waals surface area contributed by atoms with Gasteiger partial charge in [0.2, 0.25) is 0 Å². The summed E-state index contributed by atoms with van der Waals surface area (Å²) < 4.78 is 1.71. The highest BCUT2D eigenvalue weighted by Crippen LogP contribution is 2.25. The first-order chi connectivity index (χ1) is 10.7. The van der Waals surface area contributed by atoms with E-state index in [9.17, 15) is 4.79 Å². The quantitative estimate of drug-likeness (QED) is 0.755. The Morgan fingerprint density at radius 2 is 1.91 bits per heavy atom. The Hall–Kier alpha value is -1.46. The minimum atomic E-state index is -0.00921. The zero-order valence-corrected chi connectivity index (χ0v) is 14.9. The number of nitrogens with one attached hydrogen (secondary N) is 1. The van der Waals surface area contributed by atoms with Crippen molar-refractivity contribution in [2.24, 2.45) is 4.99 Å². The number of aliphatic imine (C=N–C) groups is 1. The van der Waals surface area contributed by atoms with Crippen molar-refractivity contribution < 1.29 is 4.79 Å². The van der Waals surface area contributed by atoms with E-state index in [-0.39, 0.29) is 5.78 Å². The van der Waals surface area contributed by atoms with Gasteiger partial charge in [0, 0.05) is 38.7 Å². The summed E-state index contributed by atoms with van der Waals surface area (Å²) >= 11 is 6.88. The summed E-state index contributed by atoms with van der Waals surface area (Å²) in [6.45, 7) is 1.69. The highest BCUT2D eigenvalue weighted by molar-refractivity contribution is 9.11. The normalized spacial score (nSPS) is 14.2. The van der Waals surface area contributed by atoms with E-state index in [2.05, 4.69) is 42.2 Å². The van der Waals surface area contributed by atoms with E-state index >= 15 is 0 Å². The fourth-order valence-corrected chi connectivity index (χ4v) is 3.65. The van der Waals surface area contributed by atoms with Gasteiger partial charge >= 0.3 is 0 Å². The molecule has 0 aliphatic carbocycles. The van der Waals surface area contributed by atoms with E-state index in [0.29, 0.717) is 11.1 Å². The molecule has 3 rings (SSSR count). The highest BCUT2D eigenvalue weighted by atomic mass is 79.9. The number of carbonyl (C=O) groups excluding carboxylic acids is 1. The van der Waals surface area contributed by atoms with E-state index < -0.39 is 0 Å². The topological polar surface area (TPSA) is 41.5 Å². The van der Waals surface area contributed by atoms with Crippen LogP contribution in [-0.2, 0) is 0 Å². The van der Waals surface area contributed by atoms with Gasteiger partial charge in [0.25, 0.3) is 0 Å². The highest BCUT2D eigenvalue weighted by Gasteiger charge is 2.19. The van der Waals surface area contributed by atoms with Crippen molar-refractivity contribution in [3.05, 3.63) is 68.1 Å². The average molecular weight is 422 g/mol. The number of rotatable bonds is 3. The van der Waals surface area contributed by atoms with Crippen LogP contribution < -0.4 is 5.32 Å². The number of benzene rings is 2. The molecule has 2 aromatic carbocycles. The second-order valence-corrected chi connectivity index (χ2v) is 6.78. The minimum absolute atomic E-state index is 0.00921. The van der Waals surface area contributed by atoms with Crippen molar-refractivity contribution in [1.82, 2.24) is 5.32 Å². The van der Waals surface area contributed by atoms with Crippen molar-refractivity contribution in [3.63, 3.8) is 0 Å². The maximum Gasteiger partial charge on any atom is 0.194 e. The maximum absolute atomic E-state index is 12.9. The summed E-state index contributed by atoms with van der Waals surface area (Å²) in [5, 5.41) is 3.28. The van der Waals surface area contributed by atoms with Crippen LogP contribution >= 0.6 is 31.9 Å². The third-order valence-electron chi connectivity index (χ3n) is 3.50. The summed E-state index contributed by atoms with van der Waals surface area (Å²) in [6.07, 6.45) is 1.03. The van der Waals surface area contributed by atoms with Crippen molar-refractivity contribution >= 4 is 43.5 Å². The Morgan fingerprint density at radius 1 is 1.09 bits per heavy atom. The lowest BCUT2D eigenvalue weighted by Gasteiger charge is -2.17. The number of carbonyl (C=O) groups is 1. The molecule has 1 aliphatic rings.